The third kappa shape index (κ3) is 2.62. The first-order valence-electron chi connectivity index (χ1n) is 8.40. The summed E-state index contributed by atoms with van der Waals surface area (Å²) in [5.41, 5.74) is 5.15. The van der Waals surface area contributed by atoms with Gasteiger partial charge in [0.1, 0.15) is 5.82 Å². The molecule has 122 valence electrons. The van der Waals surface area contributed by atoms with Crippen LogP contribution in [0.15, 0.2) is 24.3 Å². The first kappa shape index (κ1) is 14.7. The first-order valence-corrected chi connectivity index (χ1v) is 8.40. The number of halogens is 1. The van der Waals surface area contributed by atoms with Crippen LogP contribution in [0.4, 0.5) is 4.39 Å². The summed E-state index contributed by atoms with van der Waals surface area (Å²) >= 11 is 0. The molecule has 1 aromatic carbocycles. The molecule has 4 bridgehead atoms. The zero-order valence-corrected chi connectivity index (χ0v) is 13.0. The SMILES string of the molecule is O=C(NNC(=O)C12CC3CC(CC(C3)C1)C2)c1ccc(F)cc1. The van der Waals surface area contributed by atoms with Gasteiger partial charge < -0.3 is 0 Å². The third-order valence-electron chi connectivity index (χ3n) is 5.92. The molecule has 23 heavy (non-hydrogen) atoms. The Kier molecular flexibility index (Phi) is 3.39. The van der Waals surface area contributed by atoms with E-state index in [0.717, 1.165) is 19.3 Å². The molecule has 4 saturated carbocycles. The maximum Gasteiger partial charge on any atom is 0.269 e. The number of carbonyl (C=O) groups excluding carboxylic acids is 2. The van der Waals surface area contributed by atoms with Crippen molar-refractivity contribution in [3.05, 3.63) is 35.6 Å². The van der Waals surface area contributed by atoms with Crippen molar-refractivity contribution in [3.63, 3.8) is 0 Å². The number of hydrogen-bond donors (Lipinski definition) is 2. The Morgan fingerprint density at radius 2 is 1.43 bits per heavy atom. The van der Waals surface area contributed by atoms with E-state index < -0.39 is 5.91 Å². The lowest BCUT2D eigenvalue weighted by Gasteiger charge is -2.55. The van der Waals surface area contributed by atoms with Gasteiger partial charge in [0.2, 0.25) is 5.91 Å². The van der Waals surface area contributed by atoms with Crippen molar-refractivity contribution in [1.82, 2.24) is 10.9 Å². The van der Waals surface area contributed by atoms with Gasteiger partial charge in [-0.25, -0.2) is 4.39 Å². The number of hydrogen-bond acceptors (Lipinski definition) is 2. The molecule has 0 aromatic heterocycles. The van der Waals surface area contributed by atoms with Gasteiger partial charge in [-0.15, -0.1) is 0 Å². The smallest absolute Gasteiger partial charge is 0.269 e. The van der Waals surface area contributed by atoms with Gasteiger partial charge in [0.25, 0.3) is 5.91 Å². The first-order chi connectivity index (χ1) is 11.0. The third-order valence-corrected chi connectivity index (χ3v) is 5.92. The largest absolute Gasteiger partial charge is 0.273 e. The normalized spacial score (nSPS) is 34.2. The zero-order chi connectivity index (χ0) is 16.0. The van der Waals surface area contributed by atoms with Crippen molar-refractivity contribution >= 4 is 11.8 Å². The van der Waals surface area contributed by atoms with Crippen molar-refractivity contribution in [2.45, 2.75) is 38.5 Å². The molecule has 4 aliphatic rings. The van der Waals surface area contributed by atoms with Crippen molar-refractivity contribution in [3.8, 4) is 0 Å². The van der Waals surface area contributed by atoms with Crippen LogP contribution in [0.2, 0.25) is 0 Å². The van der Waals surface area contributed by atoms with E-state index in [2.05, 4.69) is 10.9 Å². The lowest BCUT2D eigenvalue weighted by atomic mass is 9.49. The van der Waals surface area contributed by atoms with E-state index in [9.17, 15) is 14.0 Å². The van der Waals surface area contributed by atoms with Crippen LogP contribution in [0.3, 0.4) is 0 Å². The molecule has 4 fully saturated rings. The van der Waals surface area contributed by atoms with Crippen LogP contribution >= 0.6 is 0 Å². The molecule has 0 radical (unpaired) electrons. The fourth-order valence-corrected chi connectivity index (χ4v) is 5.31. The summed E-state index contributed by atoms with van der Waals surface area (Å²) in [5, 5.41) is 0. The Morgan fingerprint density at radius 1 is 0.913 bits per heavy atom. The topological polar surface area (TPSA) is 58.2 Å². The molecule has 2 N–H and O–H groups in total. The molecule has 5 rings (SSSR count). The minimum Gasteiger partial charge on any atom is -0.273 e. The Hall–Kier alpha value is -1.91. The molecule has 4 aliphatic carbocycles. The molecule has 0 aliphatic heterocycles. The maximum absolute atomic E-state index is 12.9. The number of benzene rings is 1. The van der Waals surface area contributed by atoms with Gasteiger partial charge in [-0.2, -0.15) is 0 Å². The predicted octanol–water partition coefficient (Wildman–Crippen LogP) is 2.80. The summed E-state index contributed by atoms with van der Waals surface area (Å²) in [7, 11) is 0. The molecular weight excluding hydrogens is 295 g/mol. The summed E-state index contributed by atoms with van der Waals surface area (Å²) in [6.45, 7) is 0. The monoisotopic (exact) mass is 316 g/mol. The highest BCUT2D eigenvalue weighted by Crippen LogP contribution is 2.59. The highest BCUT2D eigenvalue weighted by atomic mass is 19.1. The van der Waals surface area contributed by atoms with Gasteiger partial charge in [-0.3, -0.25) is 20.4 Å². The molecule has 1 aromatic rings. The summed E-state index contributed by atoms with van der Waals surface area (Å²) in [6.07, 6.45) is 6.68. The van der Waals surface area contributed by atoms with Gasteiger partial charge in [-0.1, -0.05) is 0 Å². The van der Waals surface area contributed by atoms with E-state index >= 15 is 0 Å². The van der Waals surface area contributed by atoms with Crippen molar-refractivity contribution in [2.75, 3.05) is 0 Å². The van der Waals surface area contributed by atoms with Crippen LogP contribution in [0.25, 0.3) is 0 Å². The van der Waals surface area contributed by atoms with Crippen LogP contribution in [0.1, 0.15) is 48.9 Å². The lowest BCUT2D eigenvalue weighted by Crippen LogP contribution is -2.56. The quantitative estimate of drug-likeness (QED) is 0.824. The van der Waals surface area contributed by atoms with Crippen LogP contribution in [-0.4, -0.2) is 11.8 Å². The van der Waals surface area contributed by atoms with E-state index in [1.807, 2.05) is 0 Å². The molecule has 0 spiro atoms. The Bertz CT molecular complexity index is 606. The molecule has 4 nitrogen and oxygen atoms in total. The van der Waals surface area contributed by atoms with Crippen LogP contribution in [0, 0.1) is 29.0 Å². The minimum absolute atomic E-state index is 0.0490. The molecule has 0 heterocycles. The second-order valence-corrected chi connectivity index (χ2v) is 7.61. The average molecular weight is 316 g/mol. The second-order valence-electron chi connectivity index (χ2n) is 7.61. The molecular formula is C18H21FN2O2. The van der Waals surface area contributed by atoms with Crippen LogP contribution in [-0.2, 0) is 4.79 Å². The van der Waals surface area contributed by atoms with E-state index in [4.69, 9.17) is 0 Å². The predicted molar refractivity (Wildman–Crippen MR) is 82.6 cm³/mol. The van der Waals surface area contributed by atoms with Crippen molar-refractivity contribution < 1.29 is 14.0 Å². The molecule has 2 amide bonds. The summed E-state index contributed by atoms with van der Waals surface area (Å²) in [4.78, 5) is 24.7. The summed E-state index contributed by atoms with van der Waals surface area (Å²) in [6, 6.07) is 5.27. The minimum atomic E-state index is -0.414. The number of carbonyl (C=O) groups is 2. The molecule has 0 saturated heterocycles. The molecule has 5 heteroatoms. The Labute approximate surface area is 134 Å². The number of nitrogens with one attached hydrogen (secondary N) is 2. The van der Waals surface area contributed by atoms with E-state index in [1.54, 1.807) is 0 Å². The van der Waals surface area contributed by atoms with Gasteiger partial charge in [0, 0.05) is 5.56 Å². The van der Waals surface area contributed by atoms with E-state index in [1.165, 1.54) is 43.5 Å². The van der Waals surface area contributed by atoms with Crippen LogP contribution < -0.4 is 10.9 Å². The average Bonchev–Trinajstić information content (AvgIpc) is 2.51. The molecule has 0 unspecified atom stereocenters. The van der Waals surface area contributed by atoms with Crippen LogP contribution in [0.5, 0.6) is 0 Å². The Balaban J connectivity index is 1.40. The zero-order valence-electron chi connectivity index (χ0n) is 13.0. The Morgan fingerprint density at radius 3 is 1.96 bits per heavy atom. The highest BCUT2D eigenvalue weighted by Gasteiger charge is 2.54. The van der Waals surface area contributed by atoms with E-state index in [-0.39, 0.29) is 17.1 Å². The van der Waals surface area contributed by atoms with Gasteiger partial charge in [-0.05, 0) is 80.5 Å². The second kappa shape index (κ2) is 5.32. The van der Waals surface area contributed by atoms with Crippen molar-refractivity contribution in [1.29, 1.82) is 0 Å². The van der Waals surface area contributed by atoms with Gasteiger partial charge in [0.05, 0.1) is 5.41 Å². The van der Waals surface area contributed by atoms with Gasteiger partial charge in [0.15, 0.2) is 0 Å². The lowest BCUT2D eigenvalue weighted by molar-refractivity contribution is -0.147. The summed E-state index contributed by atoms with van der Waals surface area (Å²) in [5.74, 6) is 1.19. The number of amides is 2. The van der Waals surface area contributed by atoms with Gasteiger partial charge >= 0.3 is 0 Å². The fourth-order valence-electron chi connectivity index (χ4n) is 5.31. The maximum atomic E-state index is 12.9. The number of hydrazine groups is 1. The highest BCUT2D eigenvalue weighted by molar-refractivity contribution is 5.96. The fraction of sp³-hybridized carbons (Fsp3) is 0.556. The number of rotatable bonds is 2. The van der Waals surface area contributed by atoms with E-state index in [0.29, 0.717) is 23.3 Å². The summed E-state index contributed by atoms with van der Waals surface area (Å²) < 4.78 is 12.9. The molecule has 0 atom stereocenters. The van der Waals surface area contributed by atoms with Crippen molar-refractivity contribution in [2.24, 2.45) is 23.2 Å². The standard InChI is InChI=1S/C18H21FN2O2/c19-15-3-1-14(2-4-15)16(22)20-21-17(23)18-8-11-5-12(9-18)7-13(6-11)10-18/h1-4,11-13H,5-10H2,(H,20,22)(H,21,23).